The van der Waals surface area contributed by atoms with Crippen LogP contribution in [-0.2, 0) is 17.8 Å². The molecule has 2 aromatic heterocycles. The minimum atomic E-state index is -0.0294. The zero-order valence-electron chi connectivity index (χ0n) is 10.8. The van der Waals surface area contributed by atoms with Crippen molar-refractivity contribution < 1.29 is 4.74 Å². The zero-order valence-corrected chi connectivity index (χ0v) is 11.6. The SMILES string of the molecule is COCCn1cc(NCc2sccc2N)ccc1=O. The fraction of sp³-hybridized carbons (Fsp3) is 0.308. The van der Waals surface area contributed by atoms with Crippen LogP contribution >= 0.6 is 11.3 Å². The van der Waals surface area contributed by atoms with Gasteiger partial charge in [0.2, 0.25) is 0 Å². The molecule has 2 rings (SSSR count). The minimum absolute atomic E-state index is 0.0294. The Morgan fingerprint density at radius 1 is 1.42 bits per heavy atom. The van der Waals surface area contributed by atoms with Crippen molar-refractivity contribution in [2.75, 3.05) is 24.8 Å². The first kappa shape index (κ1) is 13.6. The Kier molecular flexibility index (Phi) is 4.59. The maximum Gasteiger partial charge on any atom is 0.250 e. The largest absolute Gasteiger partial charge is 0.398 e. The van der Waals surface area contributed by atoms with E-state index in [9.17, 15) is 4.79 Å². The number of ether oxygens (including phenoxy) is 1. The first-order chi connectivity index (χ1) is 9.20. The van der Waals surface area contributed by atoms with Gasteiger partial charge in [-0.25, -0.2) is 0 Å². The van der Waals surface area contributed by atoms with Gasteiger partial charge in [0.25, 0.3) is 5.56 Å². The van der Waals surface area contributed by atoms with E-state index in [0.29, 0.717) is 19.7 Å². The van der Waals surface area contributed by atoms with Crippen LogP contribution in [0, 0.1) is 0 Å². The molecule has 0 unspecified atom stereocenters. The van der Waals surface area contributed by atoms with E-state index in [4.69, 9.17) is 10.5 Å². The van der Waals surface area contributed by atoms with E-state index in [1.807, 2.05) is 11.4 Å². The topological polar surface area (TPSA) is 69.3 Å². The maximum absolute atomic E-state index is 11.6. The maximum atomic E-state index is 11.6. The summed E-state index contributed by atoms with van der Waals surface area (Å²) < 4.78 is 6.61. The van der Waals surface area contributed by atoms with E-state index in [1.165, 1.54) is 0 Å². The van der Waals surface area contributed by atoms with Gasteiger partial charge in [-0.3, -0.25) is 4.79 Å². The average molecular weight is 279 g/mol. The molecule has 0 saturated heterocycles. The Hall–Kier alpha value is -1.79. The normalized spacial score (nSPS) is 10.6. The molecule has 102 valence electrons. The highest BCUT2D eigenvalue weighted by Gasteiger charge is 2.02. The lowest BCUT2D eigenvalue weighted by Gasteiger charge is -2.09. The Bertz CT molecular complexity index is 592. The number of nitrogen functional groups attached to an aromatic ring is 1. The van der Waals surface area contributed by atoms with Crippen molar-refractivity contribution in [3.8, 4) is 0 Å². The zero-order chi connectivity index (χ0) is 13.7. The number of aromatic nitrogens is 1. The first-order valence-electron chi connectivity index (χ1n) is 5.96. The monoisotopic (exact) mass is 279 g/mol. The summed E-state index contributed by atoms with van der Waals surface area (Å²) in [7, 11) is 1.62. The quantitative estimate of drug-likeness (QED) is 0.845. The molecule has 0 fully saturated rings. The molecule has 3 N–H and O–H groups in total. The van der Waals surface area contributed by atoms with Crippen LogP contribution in [0.1, 0.15) is 4.88 Å². The van der Waals surface area contributed by atoms with Gasteiger partial charge in [-0.15, -0.1) is 11.3 Å². The summed E-state index contributed by atoms with van der Waals surface area (Å²) in [5.74, 6) is 0. The van der Waals surface area contributed by atoms with Crippen LogP contribution in [0.25, 0.3) is 0 Å². The van der Waals surface area contributed by atoms with Crippen molar-refractivity contribution in [2.24, 2.45) is 0 Å². The molecule has 0 radical (unpaired) electrons. The number of methoxy groups -OCH3 is 1. The molecule has 0 aliphatic heterocycles. The van der Waals surface area contributed by atoms with E-state index < -0.39 is 0 Å². The lowest BCUT2D eigenvalue weighted by atomic mass is 10.3. The number of anilines is 2. The molecule has 2 heterocycles. The fourth-order valence-corrected chi connectivity index (χ4v) is 2.42. The van der Waals surface area contributed by atoms with Crippen LogP contribution < -0.4 is 16.6 Å². The van der Waals surface area contributed by atoms with E-state index >= 15 is 0 Å². The highest BCUT2D eigenvalue weighted by Crippen LogP contribution is 2.19. The Morgan fingerprint density at radius 3 is 2.95 bits per heavy atom. The van der Waals surface area contributed by atoms with Gasteiger partial charge in [-0.1, -0.05) is 0 Å². The standard InChI is InChI=1S/C13H17N3O2S/c1-18-6-5-16-9-10(2-3-13(16)17)15-8-12-11(14)4-7-19-12/h2-4,7,9,15H,5-6,8,14H2,1H3. The van der Waals surface area contributed by atoms with E-state index in [2.05, 4.69) is 5.32 Å². The third-order valence-corrected chi connectivity index (χ3v) is 3.69. The summed E-state index contributed by atoms with van der Waals surface area (Å²) in [6.45, 7) is 1.72. The van der Waals surface area contributed by atoms with Crippen LogP contribution in [0.4, 0.5) is 11.4 Å². The highest BCUT2D eigenvalue weighted by atomic mass is 32.1. The minimum Gasteiger partial charge on any atom is -0.398 e. The lowest BCUT2D eigenvalue weighted by molar-refractivity contribution is 0.186. The summed E-state index contributed by atoms with van der Waals surface area (Å²) in [5.41, 5.74) is 7.48. The number of nitrogens with zero attached hydrogens (tertiary/aromatic N) is 1. The molecule has 0 aliphatic carbocycles. The molecular weight excluding hydrogens is 262 g/mol. The van der Waals surface area contributed by atoms with Crippen molar-refractivity contribution in [2.45, 2.75) is 13.1 Å². The highest BCUT2D eigenvalue weighted by molar-refractivity contribution is 7.10. The van der Waals surface area contributed by atoms with Gasteiger partial charge in [0.05, 0.1) is 18.8 Å². The second kappa shape index (κ2) is 6.40. The number of pyridine rings is 1. The van der Waals surface area contributed by atoms with Gasteiger partial charge in [0.15, 0.2) is 0 Å². The molecule has 2 aromatic rings. The molecule has 5 nitrogen and oxygen atoms in total. The molecule has 0 bridgehead atoms. The summed E-state index contributed by atoms with van der Waals surface area (Å²) >= 11 is 1.61. The molecule has 0 aliphatic rings. The second-order valence-electron chi connectivity index (χ2n) is 4.09. The fourth-order valence-electron chi connectivity index (χ4n) is 1.68. The number of hydrogen-bond acceptors (Lipinski definition) is 5. The van der Waals surface area contributed by atoms with Crippen molar-refractivity contribution in [1.29, 1.82) is 0 Å². The predicted octanol–water partition coefficient (Wildman–Crippen LogP) is 1.75. The summed E-state index contributed by atoms with van der Waals surface area (Å²) in [6.07, 6.45) is 1.80. The smallest absolute Gasteiger partial charge is 0.250 e. The van der Waals surface area contributed by atoms with Crippen molar-refractivity contribution >= 4 is 22.7 Å². The van der Waals surface area contributed by atoms with Crippen LogP contribution in [0.3, 0.4) is 0 Å². The van der Waals surface area contributed by atoms with Crippen molar-refractivity contribution in [3.05, 3.63) is 45.0 Å². The van der Waals surface area contributed by atoms with Crippen LogP contribution in [-0.4, -0.2) is 18.3 Å². The van der Waals surface area contributed by atoms with Crippen LogP contribution in [0.5, 0.6) is 0 Å². The molecule has 0 amide bonds. The molecule has 6 heteroatoms. The van der Waals surface area contributed by atoms with Gasteiger partial charge in [0, 0.05) is 36.5 Å². The van der Waals surface area contributed by atoms with Gasteiger partial charge < -0.3 is 20.4 Å². The van der Waals surface area contributed by atoms with Crippen LogP contribution in [0.15, 0.2) is 34.6 Å². The number of nitrogens with one attached hydrogen (secondary N) is 1. The van der Waals surface area contributed by atoms with Crippen LogP contribution in [0.2, 0.25) is 0 Å². The third kappa shape index (κ3) is 3.59. The van der Waals surface area contributed by atoms with E-state index in [-0.39, 0.29) is 5.56 Å². The van der Waals surface area contributed by atoms with Crippen molar-refractivity contribution in [1.82, 2.24) is 4.57 Å². The van der Waals surface area contributed by atoms with Gasteiger partial charge >= 0.3 is 0 Å². The summed E-state index contributed by atoms with van der Waals surface area (Å²) in [4.78, 5) is 12.7. The average Bonchev–Trinajstić information content (AvgIpc) is 2.82. The van der Waals surface area contributed by atoms with Crippen molar-refractivity contribution in [3.63, 3.8) is 0 Å². The molecule has 0 aromatic carbocycles. The van der Waals surface area contributed by atoms with E-state index in [0.717, 1.165) is 16.3 Å². The Morgan fingerprint density at radius 2 is 2.26 bits per heavy atom. The summed E-state index contributed by atoms with van der Waals surface area (Å²) in [5, 5.41) is 5.23. The Balaban J connectivity index is 2.04. The molecule has 0 atom stereocenters. The van der Waals surface area contributed by atoms with Gasteiger partial charge in [-0.05, 0) is 17.5 Å². The first-order valence-corrected chi connectivity index (χ1v) is 6.84. The number of hydrogen-bond donors (Lipinski definition) is 2. The van der Waals surface area contributed by atoms with Gasteiger partial charge in [0.1, 0.15) is 0 Å². The molecule has 19 heavy (non-hydrogen) atoms. The third-order valence-electron chi connectivity index (χ3n) is 2.75. The predicted molar refractivity (Wildman–Crippen MR) is 78.6 cm³/mol. The molecule has 0 saturated carbocycles. The number of rotatable bonds is 6. The van der Waals surface area contributed by atoms with E-state index in [1.54, 1.807) is 41.3 Å². The number of thiophene rings is 1. The summed E-state index contributed by atoms with van der Waals surface area (Å²) in [6, 6.07) is 5.21. The lowest BCUT2D eigenvalue weighted by Crippen LogP contribution is -2.21. The second-order valence-corrected chi connectivity index (χ2v) is 5.10. The molecular formula is C13H17N3O2S. The molecule has 0 spiro atoms. The number of nitrogens with two attached hydrogens (primary N) is 1. The van der Waals surface area contributed by atoms with Gasteiger partial charge in [-0.2, -0.15) is 0 Å². The Labute approximate surface area is 115 Å².